The Balaban J connectivity index is 3.25. The normalized spacial score (nSPS) is 10.5. The zero-order valence-electron chi connectivity index (χ0n) is 8.29. The minimum absolute atomic E-state index is 0.359. The molecule has 0 atom stereocenters. The van der Waals surface area contributed by atoms with Crippen molar-refractivity contribution in [3.05, 3.63) is 17.7 Å². The van der Waals surface area contributed by atoms with Gasteiger partial charge < -0.3 is 16.2 Å². The molecule has 1 aromatic rings. The van der Waals surface area contributed by atoms with Crippen LogP contribution in [-0.2, 0) is 0 Å². The van der Waals surface area contributed by atoms with Crippen LogP contribution in [0.5, 0.6) is 5.75 Å². The lowest BCUT2D eigenvalue weighted by atomic mass is 10.00. The lowest BCUT2D eigenvalue weighted by molar-refractivity contribution is 0.414. The molecule has 3 heteroatoms. The van der Waals surface area contributed by atoms with E-state index >= 15 is 0 Å². The van der Waals surface area contributed by atoms with Gasteiger partial charge in [-0.05, 0) is 17.5 Å². The Morgan fingerprint density at radius 1 is 1.23 bits per heavy atom. The number of anilines is 2. The Hall–Kier alpha value is -1.38. The van der Waals surface area contributed by atoms with Crippen LogP contribution < -0.4 is 16.2 Å². The summed E-state index contributed by atoms with van der Waals surface area (Å²) in [4.78, 5) is 0. The van der Waals surface area contributed by atoms with E-state index in [9.17, 15) is 0 Å². The van der Waals surface area contributed by atoms with E-state index in [0.717, 1.165) is 11.3 Å². The summed E-state index contributed by atoms with van der Waals surface area (Å²) in [5.41, 5.74) is 13.8. The zero-order valence-corrected chi connectivity index (χ0v) is 8.29. The second-order valence-corrected chi connectivity index (χ2v) is 3.37. The highest BCUT2D eigenvalue weighted by molar-refractivity contribution is 5.70. The highest BCUT2D eigenvalue weighted by Crippen LogP contribution is 2.31. The molecule has 1 rings (SSSR count). The van der Waals surface area contributed by atoms with E-state index in [4.69, 9.17) is 16.2 Å². The van der Waals surface area contributed by atoms with E-state index in [1.165, 1.54) is 0 Å². The summed E-state index contributed by atoms with van der Waals surface area (Å²) < 4.78 is 5.11. The molecule has 0 aliphatic carbocycles. The average molecular weight is 180 g/mol. The number of hydrogen-bond acceptors (Lipinski definition) is 3. The third kappa shape index (κ3) is 1.86. The first-order chi connectivity index (χ1) is 6.06. The molecule has 0 aromatic heterocycles. The molecule has 0 aliphatic rings. The summed E-state index contributed by atoms with van der Waals surface area (Å²) in [7, 11) is 1.62. The monoisotopic (exact) mass is 180 g/mol. The fraction of sp³-hybridized carbons (Fsp3) is 0.400. The fourth-order valence-electron chi connectivity index (χ4n) is 1.27. The van der Waals surface area contributed by atoms with E-state index in [1.807, 2.05) is 6.07 Å². The van der Waals surface area contributed by atoms with Crippen molar-refractivity contribution in [3.63, 3.8) is 0 Å². The van der Waals surface area contributed by atoms with Crippen molar-refractivity contribution in [1.29, 1.82) is 0 Å². The lowest BCUT2D eigenvalue weighted by Gasteiger charge is -2.13. The summed E-state index contributed by atoms with van der Waals surface area (Å²) in [5.74, 6) is 1.12. The molecule has 0 fully saturated rings. The molecule has 0 saturated carbocycles. The van der Waals surface area contributed by atoms with Crippen LogP contribution in [0.25, 0.3) is 0 Å². The van der Waals surface area contributed by atoms with Crippen molar-refractivity contribution in [3.8, 4) is 5.75 Å². The maximum absolute atomic E-state index is 5.83. The van der Waals surface area contributed by atoms with Crippen LogP contribution in [0.15, 0.2) is 12.1 Å². The van der Waals surface area contributed by atoms with E-state index in [2.05, 4.69) is 13.8 Å². The van der Waals surface area contributed by atoms with Gasteiger partial charge in [-0.25, -0.2) is 0 Å². The molecule has 0 amide bonds. The highest BCUT2D eigenvalue weighted by atomic mass is 16.5. The number of hydrogen-bond donors (Lipinski definition) is 2. The first-order valence-electron chi connectivity index (χ1n) is 4.29. The Morgan fingerprint density at radius 3 is 2.31 bits per heavy atom. The molecule has 0 saturated heterocycles. The van der Waals surface area contributed by atoms with Crippen LogP contribution in [0.4, 0.5) is 11.4 Å². The van der Waals surface area contributed by atoms with Crippen molar-refractivity contribution in [2.75, 3.05) is 18.6 Å². The van der Waals surface area contributed by atoms with Crippen molar-refractivity contribution < 1.29 is 4.74 Å². The van der Waals surface area contributed by atoms with Crippen LogP contribution in [-0.4, -0.2) is 7.11 Å². The molecule has 0 bridgehead atoms. The average Bonchev–Trinajstić information content (AvgIpc) is 2.09. The number of nitrogens with two attached hydrogens (primary N) is 2. The van der Waals surface area contributed by atoms with Gasteiger partial charge >= 0.3 is 0 Å². The molecule has 1 aromatic carbocycles. The highest BCUT2D eigenvalue weighted by Gasteiger charge is 2.09. The summed E-state index contributed by atoms with van der Waals surface area (Å²) in [6.45, 7) is 4.15. The number of methoxy groups -OCH3 is 1. The van der Waals surface area contributed by atoms with Crippen molar-refractivity contribution in [1.82, 2.24) is 0 Å². The first-order valence-corrected chi connectivity index (χ1v) is 4.29. The van der Waals surface area contributed by atoms with Crippen LogP contribution in [0, 0.1) is 0 Å². The minimum Gasteiger partial charge on any atom is -0.497 e. The fourth-order valence-corrected chi connectivity index (χ4v) is 1.27. The largest absolute Gasteiger partial charge is 0.497 e. The Kier molecular flexibility index (Phi) is 2.66. The third-order valence-corrected chi connectivity index (χ3v) is 2.08. The molecular formula is C10H16N2O. The smallest absolute Gasteiger partial charge is 0.121 e. The molecule has 0 radical (unpaired) electrons. The van der Waals surface area contributed by atoms with Gasteiger partial charge in [-0.2, -0.15) is 0 Å². The van der Waals surface area contributed by atoms with Gasteiger partial charge in [0, 0.05) is 6.07 Å². The summed E-state index contributed by atoms with van der Waals surface area (Å²) in [6.07, 6.45) is 0. The lowest BCUT2D eigenvalue weighted by Crippen LogP contribution is -2.02. The van der Waals surface area contributed by atoms with Gasteiger partial charge in [0.2, 0.25) is 0 Å². The minimum atomic E-state index is 0.359. The van der Waals surface area contributed by atoms with E-state index < -0.39 is 0 Å². The van der Waals surface area contributed by atoms with Crippen molar-refractivity contribution in [2.24, 2.45) is 0 Å². The van der Waals surface area contributed by atoms with Crippen molar-refractivity contribution >= 4 is 11.4 Å². The molecule has 0 heterocycles. The number of rotatable bonds is 2. The summed E-state index contributed by atoms with van der Waals surface area (Å²) >= 11 is 0. The van der Waals surface area contributed by atoms with Gasteiger partial charge in [0.1, 0.15) is 5.75 Å². The molecule has 0 unspecified atom stereocenters. The molecule has 3 nitrogen and oxygen atoms in total. The summed E-state index contributed by atoms with van der Waals surface area (Å²) in [6, 6.07) is 3.66. The number of nitrogen functional groups attached to an aromatic ring is 2. The second-order valence-electron chi connectivity index (χ2n) is 3.37. The SMILES string of the molecule is COc1cc(N)c(N)c(C(C)C)c1. The maximum atomic E-state index is 5.83. The topological polar surface area (TPSA) is 61.3 Å². The van der Waals surface area contributed by atoms with Crippen LogP contribution in [0.2, 0.25) is 0 Å². The van der Waals surface area contributed by atoms with Gasteiger partial charge in [-0.1, -0.05) is 13.8 Å². The third-order valence-electron chi connectivity index (χ3n) is 2.08. The number of ether oxygens (including phenoxy) is 1. The zero-order chi connectivity index (χ0) is 10.0. The predicted molar refractivity (Wildman–Crippen MR) is 55.9 cm³/mol. The standard InChI is InChI=1S/C10H16N2O/c1-6(2)8-4-7(13-3)5-9(11)10(8)12/h4-6H,11-12H2,1-3H3. The van der Waals surface area contributed by atoms with Gasteiger partial charge in [0.15, 0.2) is 0 Å². The van der Waals surface area contributed by atoms with Gasteiger partial charge in [0.05, 0.1) is 18.5 Å². The molecule has 0 aliphatic heterocycles. The van der Waals surface area contributed by atoms with Crippen LogP contribution >= 0.6 is 0 Å². The van der Waals surface area contributed by atoms with E-state index in [-0.39, 0.29) is 0 Å². The molecule has 0 spiro atoms. The quantitative estimate of drug-likeness (QED) is 0.684. The maximum Gasteiger partial charge on any atom is 0.121 e. The first kappa shape index (κ1) is 9.71. The Labute approximate surface area is 78.7 Å². The van der Waals surface area contributed by atoms with Gasteiger partial charge in [-0.15, -0.1) is 0 Å². The molecule has 72 valence electrons. The Bertz CT molecular complexity index is 308. The molecular weight excluding hydrogens is 164 g/mol. The van der Waals surface area contributed by atoms with Gasteiger partial charge in [0.25, 0.3) is 0 Å². The predicted octanol–water partition coefficient (Wildman–Crippen LogP) is 1.98. The van der Waals surface area contributed by atoms with E-state index in [1.54, 1.807) is 13.2 Å². The van der Waals surface area contributed by atoms with Crippen LogP contribution in [0.1, 0.15) is 25.3 Å². The van der Waals surface area contributed by atoms with Crippen LogP contribution in [0.3, 0.4) is 0 Å². The van der Waals surface area contributed by atoms with Crippen molar-refractivity contribution in [2.45, 2.75) is 19.8 Å². The van der Waals surface area contributed by atoms with E-state index in [0.29, 0.717) is 17.3 Å². The molecule has 4 N–H and O–H groups in total. The van der Waals surface area contributed by atoms with Gasteiger partial charge in [-0.3, -0.25) is 0 Å². The molecule has 13 heavy (non-hydrogen) atoms. The Morgan fingerprint density at radius 2 is 1.85 bits per heavy atom. The number of benzene rings is 1. The second kappa shape index (κ2) is 3.56. The summed E-state index contributed by atoms with van der Waals surface area (Å²) in [5, 5.41) is 0.